The zero-order valence-corrected chi connectivity index (χ0v) is 11.3. The van der Waals surface area contributed by atoms with Gasteiger partial charge in [-0.25, -0.2) is 0 Å². The van der Waals surface area contributed by atoms with E-state index in [0.717, 1.165) is 11.8 Å². The minimum Gasteiger partial charge on any atom is -0.507 e. The van der Waals surface area contributed by atoms with Gasteiger partial charge in [0.15, 0.2) is 0 Å². The topological polar surface area (TPSA) is 118 Å². The standard InChI is InChI=1S/C14H11N5O3/c20-11(8-12(21)14-16-18-19-17-14)10-4-6-22-13(10)7-9-3-1-2-5-15-9/h1-6,8,20H,7H2,(H,16,17,18,19). The van der Waals surface area contributed by atoms with E-state index in [4.69, 9.17) is 4.42 Å². The van der Waals surface area contributed by atoms with Gasteiger partial charge in [-0.3, -0.25) is 9.78 Å². The first-order valence-electron chi connectivity index (χ1n) is 6.39. The third-order valence-corrected chi connectivity index (χ3v) is 2.92. The summed E-state index contributed by atoms with van der Waals surface area (Å²) in [5, 5.41) is 22.7. The molecule has 0 unspecified atom stereocenters. The molecule has 3 aromatic heterocycles. The molecular formula is C14H11N5O3. The number of H-pyrrole nitrogens is 1. The van der Waals surface area contributed by atoms with Crippen molar-refractivity contribution in [3.8, 4) is 0 Å². The zero-order chi connectivity index (χ0) is 15.4. The summed E-state index contributed by atoms with van der Waals surface area (Å²) in [7, 11) is 0. The van der Waals surface area contributed by atoms with Crippen LogP contribution in [0.1, 0.15) is 27.6 Å². The molecule has 0 aliphatic rings. The fourth-order valence-electron chi connectivity index (χ4n) is 1.91. The molecule has 0 radical (unpaired) electrons. The molecular weight excluding hydrogens is 286 g/mol. The lowest BCUT2D eigenvalue weighted by Crippen LogP contribution is -2.00. The second-order valence-corrected chi connectivity index (χ2v) is 4.38. The summed E-state index contributed by atoms with van der Waals surface area (Å²) in [6.07, 6.45) is 4.54. The van der Waals surface area contributed by atoms with Crippen LogP contribution in [0, 0.1) is 0 Å². The van der Waals surface area contributed by atoms with Gasteiger partial charge in [0.2, 0.25) is 11.6 Å². The number of ketones is 1. The van der Waals surface area contributed by atoms with Gasteiger partial charge in [0.25, 0.3) is 0 Å². The molecule has 2 N–H and O–H groups in total. The maximum atomic E-state index is 11.8. The maximum absolute atomic E-state index is 11.8. The molecule has 0 fully saturated rings. The Morgan fingerprint density at radius 3 is 3.00 bits per heavy atom. The Morgan fingerprint density at radius 2 is 2.27 bits per heavy atom. The van der Waals surface area contributed by atoms with Crippen LogP contribution in [-0.4, -0.2) is 36.5 Å². The first kappa shape index (κ1) is 13.7. The third-order valence-electron chi connectivity index (χ3n) is 2.92. The highest BCUT2D eigenvalue weighted by Gasteiger charge is 2.15. The monoisotopic (exact) mass is 297 g/mol. The van der Waals surface area contributed by atoms with E-state index in [0.29, 0.717) is 17.7 Å². The summed E-state index contributed by atoms with van der Waals surface area (Å²) < 4.78 is 5.36. The number of carbonyl (C=O) groups excluding carboxylic acids is 1. The average Bonchev–Trinajstić information content (AvgIpc) is 3.19. The molecule has 8 heteroatoms. The van der Waals surface area contributed by atoms with E-state index in [-0.39, 0.29) is 11.6 Å². The summed E-state index contributed by atoms with van der Waals surface area (Å²) in [6, 6.07) is 7.10. The molecule has 0 saturated heterocycles. The van der Waals surface area contributed by atoms with E-state index in [9.17, 15) is 9.90 Å². The molecule has 0 aliphatic carbocycles. The minimum absolute atomic E-state index is 0.124. The molecule has 0 amide bonds. The summed E-state index contributed by atoms with van der Waals surface area (Å²) in [5.74, 6) is -0.402. The van der Waals surface area contributed by atoms with Crippen LogP contribution in [0.25, 0.3) is 5.76 Å². The van der Waals surface area contributed by atoms with Crippen molar-refractivity contribution in [2.24, 2.45) is 0 Å². The number of tetrazole rings is 1. The van der Waals surface area contributed by atoms with Gasteiger partial charge in [0.05, 0.1) is 11.8 Å². The van der Waals surface area contributed by atoms with Crippen molar-refractivity contribution in [3.63, 3.8) is 0 Å². The van der Waals surface area contributed by atoms with E-state index >= 15 is 0 Å². The van der Waals surface area contributed by atoms with Crippen LogP contribution in [0.2, 0.25) is 0 Å². The largest absolute Gasteiger partial charge is 0.507 e. The van der Waals surface area contributed by atoms with Crippen LogP contribution < -0.4 is 0 Å². The predicted molar refractivity (Wildman–Crippen MR) is 74.9 cm³/mol. The molecule has 8 nitrogen and oxygen atoms in total. The van der Waals surface area contributed by atoms with Gasteiger partial charge < -0.3 is 9.52 Å². The number of pyridine rings is 1. The first-order chi connectivity index (χ1) is 10.7. The van der Waals surface area contributed by atoms with Gasteiger partial charge in [-0.2, -0.15) is 5.21 Å². The van der Waals surface area contributed by atoms with Crippen molar-refractivity contribution in [1.29, 1.82) is 0 Å². The van der Waals surface area contributed by atoms with Crippen molar-refractivity contribution in [2.45, 2.75) is 6.42 Å². The number of nitrogens with zero attached hydrogens (tertiary/aromatic N) is 4. The van der Waals surface area contributed by atoms with Crippen molar-refractivity contribution >= 4 is 11.5 Å². The van der Waals surface area contributed by atoms with E-state index in [1.54, 1.807) is 12.3 Å². The highest BCUT2D eigenvalue weighted by atomic mass is 16.3. The number of allylic oxidation sites excluding steroid dienone is 1. The lowest BCUT2D eigenvalue weighted by molar-refractivity contribution is 0.103. The van der Waals surface area contributed by atoms with Gasteiger partial charge in [0, 0.05) is 24.4 Å². The molecule has 110 valence electrons. The number of hydrogen-bond acceptors (Lipinski definition) is 7. The van der Waals surface area contributed by atoms with Gasteiger partial charge >= 0.3 is 0 Å². The van der Waals surface area contributed by atoms with Crippen LogP contribution in [0.3, 0.4) is 0 Å². The summed E-state index contributed by atoms with van der Waals surface area (Å²) in [5.41, 5.74) is 1.21. The fraction of sp³-hybridized carbons (Fsp3) is 0.0714. The number of hydrogen-bond donors (Lipinski definition) is 2. The van der Waals surface area contributed by atoms with Crippen molar-refractivity contribution in [2.75, 3.05) is 0 Å². The van der Waals surface area contributed by atoms with E-state index in [1.807, 2.05) is 18.2 Å². The Balaban J connectivity index is 1.83. The minimum atomic E-state index is -0.559. The van der Waals surface area contributed by atoms with E-state index < -0.39 is 5.78 Å². The fourth-order valence-corrected chi connectivity index (χ4v) is 1.91. The number of aromatic nitrogens is 5. The van der Waals surface area contributed by atoms with Crippen LogP contribution in [0.15, 0.2) is 47.2 Å². The molecule has 22 heavy (non-hydrogen) atoms. The number of carbonyl (C=O) groups is 1. The van der Waals surface area contributed by atoms with Crippen LogP contribution in [-0.2, 0) is 6.42 Å². The molecule has 0 atom stereocenters. The lowest BCUT2D eigenvalue weighted by atomic mass is 10.1. The lowest BCUT2D eigenvalue weighted by Gasteiger charge is -2.01. The Bertz CT molecular complexity index is 793. The van der Waals surface area contributed by atoms with E-state index in [1.165, 1.54) is 6.26 Å². The van der Waals surface area contributed by atoms with E-state index in [2.05, 4.69) is 25.6 Å². The zero-order valence-electron chi connectivity index (χ0n) is 11.3. The van der Waals surface area contributed by atoms with Crippen molar-refractivity contribution in [1.82, 2.24) is 25.6 Å². The summed E-state index contributed by atoms with van der Waals surface area (Å²) in [4.78, 5) is 16.0. The molecule has 0 aromatic carbocycles. The number of aliphatic hydroxyl groups excluding tert-OH is 1. The number of aliphatic hydroxyl groups is 1. The normalized spacial score (nSPS) is 11.5. The Labute approximate surface area is 124 Å². The molecule has 0 aliphatic heterocycles. The molecule has 0 saturated carbocycles. The Hall–Kier alpha value is -3.29. The highest BCUT2D eigenvalue weighted by molar-refractivity contribution is 6.05. The predicted octanol–water partition coefficient (Wildman–Crippen LogP) is 1.56. The molecule has 3 aromatic rings. The molecule has 0 spiro atoms. The van der Waals surface area contributed by atoms with Crippen LogP contribution in [0.4, 0.5) is 0 Å². The van der Waals surface area contributed by atoms with Gasteiger partial charge in [-0.1, -0.05) is 6.07 Å². The average molecular weight is 297 g/mol. The van der Waals surface area contributed by atoms with Crippen LogP contribution in [0.5, 0.6) is 0 Å². The third kappa shape index (κ3) is 2.90. The highest BCUT2D eigenvalue weighted by Crippen LogP contribution is 2.21. The summed E-state index contributed by atoms with van der Waals surface area (Å²) >= 11 is 0. The van der Waals surface area contributed by atoms with Crippen molar-refractivity contribution in [3.05, 3.63) is 65.6 Å². The molecule has 3 rings (SSSR count). The molecule has 3 heterocycles. The van der Waals surface area contributed by atoms with Gasteiger partial charge in [-0.15, -0.1) is 10.2 Å². The number of furan rings is 1. The number of rotatable bonds is 5. The second kappa shape index (κ2) is 6.00. The van der Waals surface area contributed by atoms with Crippen molar-refractivity contribution < 1.29 is 14.3 Å². The second-order valence-electron chi connectivity index (χ2n) is 4.38. The smallest absolute Gasteiger partial charge is 0.244 e. The summed E-state index contributed by atoms with van der Waals surface area (Å²) in [6.45, 7) is 0. The first-order valence-corrected chi connectivity index (χ1v) is 6.39. The van der Waals surface area contributed by atoms with Gasteiger partial charge in [-0.05, 0) is 23.4 Å². The van der Waals surface area contributed by atoms with Gasteiger partial charge in [0.1, 0.15) is 11.5 Å². The number of nitrogens with one attached hydrogen (secondary N) is 1. The quantitative estimate of drug-likeness (QED) is 0.417. The maximum Gasteiger partial charge on any atom is 0.244 e. The number of aromatic amines is 1. The Kier molecular flexibility index (Phi) is 3.73. The Morgan fingerprint density at radius 1 is 1.36 bits per heavy atom. The SMILES string of the molecule is O=C(C=C(O)c1ccoc1Cc1ccccn1)c1nn[nH]n1. The molecule has 0 bridgehead atoms. The van der Waals surface area contributed by atoms with Crippen LogP contribution >= 0.6 is 0 Å².